The van der Waals surface area contributed by atoms with Gasteiger partial charge >= 0.3 is 5.97 Å². The van der Waals surface area contributed by atoms with Crippen molar-refractivity contribution < 1.29 is 9.90 Å². The van der Waals surface area contributed by atoms with Gasteiger partial charge in [-0.3, -0.25) is 4.79 Å². The Kier molecular flexibility index (Phi) is 3.79. The van der Waals surface area contributed by atoms with Crippen molar-refractivity contribution in [3.8, 4) is 11.4 Å². The van der Waals surface area contributed by atoms with Crippen LogP contribution in [0.15, 0.2) is 36.7 Å². The van der Waals surface area contributed by atoms with Crippen LogP contribution in [0.2, 0.25) is 0 Å². The van der Waals surface area contributed by atoms with Crippen LogP contribution in [-0.4, -0.2) is 38.9 Å². The molecule has 0 aliphatic carbocycles. The first-order valence-corrected chi connectivity index (χ1v) is 6.84. The third-order valence-corrected chi connectivity index (χ3v) is 3.41. The molecule has 3 rings (SSSR count). The van der Waals surface area contributed by atoms with Gasteiger partial charge in [-0.2, -0.15) is 5.10 Å². The molecular weight excluding hydrogens is 268 g/mol. The van der Waals surface area contributed by atoms with Gasteiger partial charge < -0.3 is 10.4 Å². The molecule has 108 valence electrons. The summed E-state index contributed by atoms with van der Waals surface area (Å²) in [7, 11) is 0. The zero-order chi connectivity index (χ0) is 14.7. The Balaban J connectivity index is 1.79. The predicted octanol–water partition coefficient (Wildman–Crippen LogP) is 1.41. The smallest absolute Gasteiger partial charge is 0.325 e. The zero-order valence-corrected chi connectivity index (χ0v) is 11.5. The number of carbonyl (C=O) groups is 1. The van der Waals surface area contributed by atoms with Crippen molar-refractivity contribution >= 4 is 11.5 Å². The zero-order valence-electron chi connectivity index (χ0n) is 11.5. The Morgan fingerprint density at radius 3 is 2.71 bits per heavy atom. The summed E-state index contributed by atoms with van der Waals surface area (Å²) >= 11 is 0. The Morgan fingerprint density at radius 2 is 2.05 bits per heavy atom. The highest BCUT2D eigenvalue weighted by molar-refractivity contribution is 5.69. The third kappa shape index (κ3) is 3.17. The van der Waals surface area contributed by atoms with Gasteiger partial charge in [0.1, 0.15) is 12.9 Å². The molecule has 2 N–H and O–H groups in total. The van der Waals surface area contributed by atoms with Gasteiger partial charge in [0, 0.05) is 12.1 Å². The molecule has 0 unspecified atom stereocenters. The molecule has 0 bridgehead atoms. The van der Waals surface area contributed by atoms with Crippen molar-refractivity contribution in [2.75, 3.05) is 13.1 Å². The van der Waals surface area contributed by atoms with Crippen LogP contribution in [0.5, 0.6) is 0 Å². The number of benzene rings is 1. The maximum atomic E-state index is 10.6. The van der Waals surface area contributed by atoms with Crippen molar-refractivity contribution in [1.82, 2.24) is 20.1 Å². The molecule has 0 fully saturated rings. The maximum Gasteiger partial charge on any atom is 0.325 e. The van der Waals surface area contributed by atoms with Gasteiger partial charge in [0.15, 0.2) is 5.82 Å². The highest BCUT2D eigenvalue weighted by Crippen LogP contribution is 2.22. The molecule has 6 heteroatoms. The van der Waals surface area contributed by atoms with Crippen molar-refractivity contribution in [2.24, 2.45) is 0 Å². The Morgan fingerprint density at radius 1 is 1.29 bits per heavy atom. The molecule has 6 nitrogen and oxygen atoms in total. The van der Waals surface area contributed by atoms with Gasteiger partial charge in [-0.1, -0.05) is 30.3 Å². The van der Waals surface area contributed by atoms with Crippen LogP contribution in [0.4, 0.5) is 0 Å². The van der Waals surface area contributed by atoms with E-state index in [0.29, 0.717) is 5.82 Å². The van der Waals surface area contributed by atoms with E-state index < -0.39 is 5.97 Å². The maximum absolute atomic E-state index is 10.6. The molecule has 2 aromatic rings. The topological polar surface area (TPSA) is 80.0 Å². The predicted molar refractivity (Wildman–Crippen MR) is 78.6 cm³/mol. The van der Waals surface area contributed by atoms with E-state index in [1.807, 2.05) is 12.1 Å². The number of aromatic nitrogens is 3. The molecule has 0 atom stereocenters. The molecule has 0 radical (unpaired) electrons. The lowest BCUT2D eigenvalue weighted by Gasteiger charge is -2.14. The number of rotatable bonds is 4. The lowest BCUT2D eigenvalue weighted by atomic mass is 9.99. The Labute approximate surface area is 122 Å². The number of carboxylic acid groups (broad SMARTS) is 1. The molecule has 1 aliphatic rings. The second kappa shape index (κ2) is 5.88. The SMILES string of the molecule is O=C(O)Cn1cnc(-c2ccc(C3=CCNCC3)cc2)n1. The summed E-state index contributed by atoms with van der Waals surface area (Å²) < 4.78 is 1.32. The summed E-state index contributed by atoms with van der Waals surface area (Å²) in [6.07, 6.45) is 4.68. The summed E-state index contributed by atoms with van der Waals surface area (Å²) in [5.41, 5.74) is 3.45. The molecule has 1 aliphatic heterocycles. The molecule has 1 aromatic heterocycles. The van der Waals surface area contributed by atoms with Crippen molar-refractivity contribution in [1.29, 1.82) is 0 Å². The van der Waals surface area contributed by atoms with Crippen LogP contribution < -0.4 is 5.32 Å². The van der Waals surface area contributed by atoms with E-state index in [1.54, 1.807) is 0 Å². The van der Waals surface area contributed by atoms with Crippen LogP contribution in [0.1, 0.15) is 12.0 Å². The summed E-state index contributed by atoms with van der Waals surface area (Å²) in [4.78, 5) is 14.8. The van der Waals surface area contributed by atoms with Crippen molar-refractivity contribution in [3.05, 3.63) is 42.2 Å². The van der Waals surface area contributed by atoms with Gasteiger partial charge in [-0.05, 0) is 24.1 Å². The van der Waals surface area contributed by atoms with E-state index in [9.17, 15) is 4.79 Å². The quantitative estimate of drug-likeness (QED) is 0.887. The molecule has 0 saturated heterocycles. The minimum atomic E-state index is -0.931. The number of carboxylic acids is 1. The third-order valence-electron chi connectivity index (χ3n) is 3.41. The Hall–Kier alpha value is -2.47. The molecule has 1 aromatic carbocycles. The largest absolute Gasteiger partial charge is 0.480 e. The van der Waals surface area contributed by atoms with Gasteiger partial charge in [0.25, 0.3) is 0 Å². The van der Waals surface area contributed by atoms with Crippen LogP contribution >= 0.6 is 0 Å². The number of hydrogen-bond acceptors (Lipinski definition) is 4. The highest BCUT2D eigenvalue weighted by Gasteiger charge is 2.09. The summed E-state index contributed by atoms with van der Waals surface area (Å²) in [6.45, 7) is 1.75. The fraction of sp³-hybridized carbons (Fsp3) is 0.267. The fourth-order valence-electron chi connectivity index (χ4n) is 2.36. The molecular formula is C15H16N4O2. The van der Waals surface area contributed by atoms with Crippen LogP contribution in [0.3, 0.4) is 0 Å². The van der Waals surface area contributed by atoms with Crippen molar-refractivity contribution in [3.63, 3.8) is 0 Å². The second-order valence-corrected chi connectivity index (χ2v) is 4.92. The number of aliphatic carboxylic acids is 1. The molecule has 0 saturated carbocycles. The summed E-state index contributed by atoms with van der Waals surface area (Å²) in [5, 5.41) is 16.2. The van der Waals surface area contributed by atoms with Crippen LogP contribution in [-0.2, 0) is 11.3 Å². The molecule has 0 amide bonds. The van der Waals surface area contributed by atoms with E-state index in [-0.39, 0.29) is 6.54 Å². The first-order valence-electron chi connectivity index (χ1n) is 6.84. The highest BCUT2D eigenvalue weighted by atomic mass is 16.4. The van der Waals surface area contributed by atoms with Gasteiger partial charge in [-0.25, -0.2) is 9.67 Å². The summed E-state index contributed by atoms with van der Waals surface area (Å²) in [5.74, 6) is -0.387. The first-order chi connectivity index (χ1) is 10.2. The second-order valence-electron chi connectivity index (χ2n) is 4.92. The van der Waals surface area contributed by atoms with E-state index in [2.05, 4.69) is 33.6 Å². The summed E-state index contributed by atoms with van der Waals surface area (Å²) in [6, 6.07) is 8.06. The first kappa shape index (κ1) is 13.5. The molecule has 21 heavy (non-hydrogen) atoms. The number of nitrogens with zero attached hydrogens (tertiary/aromatic N) is 3. The van der Waals surface area contributed by atoms with Gasteiger partial charge in [0.2, 0.25) is 0 Å². The lowest BCUT2D eigenvalue weighted by molar-refractivity contribution is -0.137. The minimum absolute atomic E-state index is 0.176. The van der Waals surface area contributed by atoms with Gasteiger partial charge in [-0.15, -0.1) is 0 Å². The van der Waals surface area contributed by atoms with E-state index in [4.69, 9.17) is 5.11 Å². The lowest BCUT2D eigenvalue weighted by Crippen LogP contribution is -2.19. The van der Waals surface area contributed by atoms with Crippen LogP contribution in [0.25, 0.3) is 17.0 Å². The standard InChI is InChI=1S/C15H16N4O2/c20-14(21)9-19-10-17-15(18-19)13-3-1-11(2-4-13)12-5-7-16-8-6-12/h1-5,10,16H,6-9H2,(H,20,21). The van der Waals surface area contributed by atoms with E-state index >= 15 is 0 Å². The van der Waals surface area contributed by atoms with Gasteiger partial charge in [0.05, 0.1) is 0 Å². The minimum Gasteiger partial charge on any atom is -0.480 e. The number of hydrogen-bond donors (Lipinski definition) is 2. The van der Waals surface area contributed by atoms with E-state index in [0.717, 1.165) is 25.1 Å². The normalized spacial score (nSPS) is 14.8. The Bertz CT molecular complexity index is 673. The average Bonchev–Trinajstić information content (AvgIpc) is 2.96. The molecule has 0 spiro atoms. The van der Waals surface area contributed by atoms with E-state index in [1.165, 1.54) is 22.1 Å². The monoisotopic (exact) mass is 284 g/mol. The number of nitrogens with one attached hydrogen (secondary N) is 1. The van der Waals surface area contributed by atoms with Crippen molar-refractivity contribution in [2.45, 2.75) is 13.0 Å². The molecule has 2 heterocycles. The average molecular weight is 284 g/mol. The fourth-order valence-corrected chi connectivity index (χ4v) is 2.36. The van der Waals surface area contributed by atoms with Crippen LogP contribution in [0, 0.1) is 0 Å².